The summed E-state index contributed by atoms with van der Waals surface area (Å²) in [7, 11) is 0. The summed E-state index contributed by atoms with van der Waals surface area (Å²) < 4.78 is 7.21. The van der Waals surface area contributed by atoms with Crippen LogP contribution in [0, 0.1) is 5.92 Å². The first kappa shape index (κ1) is 15.9. The van der Waals surface area contributed by atoms with Crippen LogP contribution in [0.15, 0.2) is 28.7 Å². The Balaban J connectivity index is 1.62. The number of aliphatic hydroxyl groups excluding tert-OH is 1. The SMILES string of the molecule is OC(Cc1cccc(Br)c1)C1CCOC2(CCSCC2)C1. The van der Waals surface area contributed by atoms with Crippen LogP contribution in [-0.4, -0.2) is 34.9 Å². The molecular weight excluding hydrogens is 348 g/mol. The van der Waals surface area contributed by atoms with Crippen molar-refractivity contribution in [3.8, 4) is 0 Å². The molecule has 21 heavy (non-hydrogen) atoms. The highest BCUT2D eigenvalue weighted by atomic mass is 79.9. The van der Waals surface area contributed by atoms with Gasteiger partial charge >= 0.3 is 0 Å². The zero-order chi connectivity index (χ0) is 14.7. The molecule has 0 radical (unpaired) electrons. The molecule has 1 aromatic carbocycles. The summed E-state index contributed by atoms with van der Waals surface area (Å²) in [4.78, 5) is 0. The number of rotatable bonds is 3. The molecule has 0 amide bonds. The van der Waals surface area contributed by atoms with Gasteiger partial charge in [-0.25, -0.2) is 0 Å². The third-order valence-electron chi connectivity index (χ3n) is 4.81. The maximum atomic E-state index is 10.7. The van der Waals surface area contributed by atoms with Crippen molar-refractivity contribution in [3.63, 3.8) is 0 Å². The molecule has 0 saturated carbocycles. The lowest BCUT2D eigenvalue weighted by Crippen LogP contribution is -2.45. The first-order chi connectivity index (χ1) is 10.2. The van der Waals surface area contributed by atoms with Crippen LogP contribution in [-0.2, 0) is 11.2 Å². The van der Waals surface area contributed by atoms with E-state index in [1.165, 1.54) is 17.1 Å². The average molecular weight is 371 g/mol. The summed E-state index contributed by atoms with van der Waals surface area (Å²) in [6.45, 7) is 0.810. The van der Waals surface area contributed by atoms with Gasteiger partial charge in [0, 0.05) is 11.1 Å². The lowest BCUT2D eigenvalue weighted by molar-refractivity contribution is -0.120. The molecule has 116 valence electrons. The second-order valence-electron chi connectivity index (χ2n) is 6.30. The van der Waals surface area contributed by atoms with Gasteiger partial charge in [-0.15, -0.1) is 0 Å². The lowest BCUT2D eigenvalue weighted by Gasteiger charge is -2.44. The van der Waals surface area contributed by atoms with E-state index < -0.39 is 0 Å². The van der Waals surface area contributed by atoms with E-state index in [1.54, 1.807) is 0 Å². The summed E-state index contributed by atoms with van der Waals surface area (Å²) in [5, 5.41) is 10.7. The minimum atomic E-state index is -0.255. The molecular formula is C17H23BrO2S. The van der Waals surface area contributed by atoms with Crippen LogP contribution in [0.3, 0.4) is 0 Å². The van der Waals surface area contributed by atoms with Crippen molar-refractivity contribution in [2.75, 3.05) is 18.1 Å². The van der Waals surface area contributed by atoms with Gasteiger partial charge in [-0.1, -0.05) is 28.1 Å². The van der Waals surface area contributed by atoms with Crippen molar-refractivity contribution in [3.05, 3.63) is 34.3 Å². The Hall–Kier alpha value is -0.0300. The quantitative estimate of drug-likeness (QED) is 0.870. The Morgan fingerprint density at radius 2 is 2.19 bits per heavy atom. The lowest BCUT2D eigenvalue weighted by atomic mass is 9.78. The largest absolute Gasteiger partial charge is 0.392 e. The Kier molecular flexibility index (Phi) is 5.31. The highest BCUT2D eigenvalue weighted by Gasteiger charge is 2.40. The summed E-state index contributed by atoms with van der Waals surface area (Å²) in [5.41, 5.74) is 1.27. The second kappa shape index (κ2) is 7.03. The zero-order valence-electron chi connectivity index (χ0n) is 12.3. The molecule has 2 aliphatic heterocycles. The van der Waals surface area contributed by atoms with E-state index in [4.69, 9.17) is 4.74 Å². The maximum Gasteiger partial charge on any atom is 0.0701 e. The summed E-state index contributed by atoms with van der Waals surface area (Å²) >= 11 is 5.53. The van der Waals surface area contributed by atoms with Crippen LogP contribution in [0.2, 0.25) is 0 Å². The van der Waals surface area contributed by atoms with E-state index in [2.05, 4.69) is 28.1 Å². The van der Waals surface area contributed by atoms with Crippen molar-refractivity contribution >= 4 is 27.7 Å². The second-order valence-corrected chi connectivity index (χ2v) is 8.44. The predicted molar refractivity (Wildman–Crippen MR) is 91.8 cm³/mol. The van der Waals surface area contributed by atoms with Crippen molar-refractivity contribution in [1.82, 2.24) is 0 Å². The molecule has 2 nitrogen and oxygen atoms in total. The van der Waals surface area contributed by atoms with Gasteiger partial charge in [0.1, 0.15) is 0 Å². The zero-order valence-corrected chi connectivity index (χ0v) is 14.7. The fourth-order valence-corrected chi connectivity index (χ4v) is 5.24. The summed E-state index contributed by atoms with van der Waals surface area (Å²) in [6.07, 6.45) is 4.81. The molecule has 2 fully saturated rings. The third-order valence-corrected chi connectivity index (χ3v) is 6.29. The van der Waals surface area contributed by atoms with Crippen molar-refractivity contribution in [1.29, 1.82) is 0 Å². The molecule has 0 bridgehead atoms. The first-order valence-electron chi connectivity index (χ1n) is 7.81. The first-order valence-corrected chi connectivity index (χ1v) is 9.76. The van der Waals surface area contributed by atoms with E-state index >= 15 is 0 Å². The highest BCUT2D eigenvalue weighted by molar-refractivity contribution is 9.10. The number of aliphatic hydroxyl groups is 1. The number of hydrogen-bond donors (Lipinski definition) is 1. The molecule has 0 aliphatic carbocycles. The van der Waals surface area contributed by atoms with E-state index in [1.807, 2.05) is 23.9 Å². The van der Waals surface area contributed by atoms with Gasteiger partial charge < -0.3 is 9.84 Å². The van der Waals surface area contributed by atoms with Crippen LogP contribution in [0.25, 0.3) is 0 Å². The minimum Gasteiger partial charge on any atom is -0.392 e. The molecule has 4 heteroatoms. The predicted octanol–water partition coefficient (Wildman–Crippen LogP) is 4.04. The molecule has 2 saturated heterocycles. The maximum absolute atomic E-state index is 10.7. The monoisotopic (exact) mass is 370 g/mol. The Labute approximate surface area is 139 Å². The third kappa shape index (κ3) is 4.04. The topological polar surface area (TPSA) is 29.5 Å². The highest BCUT2D eigenvalue weighted by Crippen LogP contribution is 2.41. The molecule has 3 rings (SSSR count). The summed E-state index contributed by atoms with van der Waals surface area (Å²) in [6, 6.07) is 8.27. The van der Waals surface area contributed by atoms with Gasteiger partial charge in [-0.3, -0.25) is 0 Å². The molecule has 0 aromatic heterocycles. The molecule has 2 aliphatic rings. The Morgan fingerprint density at radius 3 is 2.95 bits per heavy atom. The molecule has 2 heterocycles. The van der Waals surface area contributed by atoms with Gasteiger partial charge in [0.25, 0.3) is 0 Å². The summed E-state index contributed by atoms with van der Waals surface area (Å²) in [5.74, 6) is 2.78. The normalized spacial score (nSPS) is 26.7. The fourth-order valence-electron chi connectivity index (χ4n) is 3.56. The molecule has 1 spiro atoms. The molecule has 1 aromatic rings. The van der Waals surface area contributed by atoms with Crippen molar-refractivity contribution < 1.29 is 9.84 Å². The molecule has 2 unspecified atom stereocenters. The number of hydrogen-bond acceptors (Lipinski definition) is 3. The van der Waals surface area contributed by atoms with E-state index in [0.717, 1.165) is 43.2 Å². The van der Waals surface area contributed by atoms with Crippen molar-refractivity contribution in [2.45, 2.75) is 43.8 Å². The smallest absolute Gasteiger partial charge is 0.0701 e. The van der Waals surface area contributed by atoms with Gasteiger partial charge in [-0.05, 0) is 67.2 Å². The van der Waals surface area contributed by atoms with Crippen molar-refractivity contribution in [2.24, 2.45) is 5.92 Å². The Bertz CT molecular complexity index is 468. The van der Waals surface area contributed by atoms with Crippen LogP contribution in [0.4, 0.5) is 0 Å². The van der Waals surface area contributed by atoms with Gasteiger partial charge in [0.15, 0.2) is 0 Å². The van der Waals surface area contributed by atoms with Gasteiger partial charge in [-0.2, -0.15) is 11.8 Å². The van der Waals surface area contributed by atoms with E-state index in [0.29, 0.717) is 5.92 Å². The molecule has 2 atom stereocenters. The average Bonchev–Trinajstić information content (AvgIpc) is 2.48. The number of ether oxygens (including phenoxy) is 1. The number of benzene rings is 1. The number of thioether (sulfide) groups is 1. The minimum absolute atomic E-state index is 0.0619. The van der Waals surface area contributed by atoms with Crippen LogP contribution in [0.5, 0.6) is 0 Å². The van der Waals surface area contributed by atoms with Crippen LogP contribution < -0.4 is 0 Å². The van der Waals surface area contributed by atoms with Gasteiger partial charge in [0.05, 0.1) is 11.7 Å². The van der Waals surface area contributed by atoms with E-state index in [-0.39, 0.29) is 11.7 Å². The van der Waals surface area contributed by atoms with E-state index in [9.17, 15) is 5.11 Å². The number of halogens is 1. The van der Waals surface area contributed by atoms with Crippen LogP contribution in [0.1, 0.15) is 31.2 Å². The Morgan fingerprint density at radius 1 is 1.38 bits per heavy atom. The van der Waals surface area contributed by atoms with Gasteiger partial charge in [0.2, 0.25) is 0 Å². The molecule has 1 N–H and O–H groups in total. The fraction of sp³-hybridized carbons (Fsp3) is 0.647. The van der Waals surface area contributed by atoms with Crippen LogP contribution >= 0.6 is 27.7 Å². The standard InChI is InChI=1S/C17H23BrO2S/c18-15-3-1-2-13(10-15)11-16(19)14-4-7-20-17(12-14)5-8-21-9-6-17/h1-3,10,14,16,19H,4-9,11-12H2.